The molecule has 0 spiro atoms. The van der Waals surface area contributed by atoms with Crippen molar-refractivity contribution in [2.45, 2.75) is 216 Å². The second-order valence-corrected chi connectivity index (χ2v) is 29.4. The number of anilines is 1. The second-order valence-electron chi connectivity index (χ2n) is 25.1. The number of rotatable bonds is 15. The number of fused-ring (bicyclic) bond motifs is 1. The van der Waals surface area contributed by atoms with E-state index in [0.29, 0.717) is 51.2 Å². The Balaban J connectivity index is 0.000000279. The van der Waals surface area contributed by atoms with E-state index in [1.54, 1.807) is 66.0 Å². The van der Waals surface area contributed by atoms with E-state index in [1.165, 1.54) is 25.0 Å². The molecule has 1 aliphatic heterocycles. The normalized spacial score (nSPS) is 13.5. The molecule has 0 saturated heterocycles. The number of nitrogens with one attached hydrogen (secondary N) is 1. The third-order valence-corrected chi connectivity index (χ3v) is 15.4. The van der Waals surface area contributed by atoms with Crippen LogP contribution in [0.3, 0.4) is 0 Å². The summed E-state index contributed by atoms with van der Waals surface area (Å²) in [6.45, 7) is 21.0. The third kappa shape index (κ3) is 26.7. The highest BCUT2D eigenvalue weighted by Crippen LogP contribution is 2.44. The van der Waals surface area contributed by atoms with Crippen molar-refractivity contribution in [2.24, 2.45) is 0 Å². The third-order valence-electron chi connectivity index (χ3n) is 12.1. The molecule has 7 rings (SSSR count). The number of hydrogen-bond donors (Lipinski definition) is 1. The molecule has 0 aromatic heterocycles. The number of hydrogen-bond acceptors (Lipinski definition) is 10. The lowest BCUT2D eigenvalue weighted by Crippen LogP contribution is -2.21. The van der Waals surface area contributed by atoms with Gasteiger partial charge in [-0.25, -0.2) is 0 Å². The largest absolute Gasteiger partial charge is 0.490 e. The summed E-state index contributed by atoms with van der Waals surface area (Å²) < 4.78 is 151. The van der Waals surface area contributed by atoms with Gasteiger partial charge in [0, 0.05) is 70.6 Å². The van der Waals surface area contributed by atoms with Gasteiger partial charge in [-0.1, -0.05) is 129 Å². The maximum atomic E-state index is 12.4. The fraction of sp³-hybridized carbons (Fsp3) is 0.531. The number of halogens is 11. The van der Waals surface area contributed by atoms with Crippen LogP contribution < -0.4 is 33.7 Å². The van der Waals surface area contributed by atoms with E-state index >= 15 is 0 Å². The molecule has 85 heavy (non-hydrogen) atoms. The first-order chi connectivity index (χ1) is 39.1. The first-order valence-corrected chi connectivity index (χ1v) is 30.8. The minimum Gasteiger partial charge on any atom is -0.490 e. The van der Waals surface area contributed by atoms with Gasteiger partial charge in [-0.3, -0.25) is 0 Å². The standard InChI is InChI=1S/C14H18F2OS.C14H20F2OS.C13H17F2NO2.C12H16F2OS.C11H13ClF2O/c1-14(2,3)11-8-10(18-9-4-5-9)6-7-12(11)17-13(15)16;1-9(2)18-10-6-7-12(17-13(15)16)11(8-10)14(3,4)5;1-13(2,3)8-6-11-9(16-4-5-17-11)7-10(8)18-12(14)15;1-12(2,3)9-7-8(16-4)5-6-10(9)15-11(13)14;1-11(2,3)8-6-7(12)4-5-9(8)15-10(13)14/h6-9,13H,4-5H2,1-3H3;6-9,13H,1-5H3;6-7,12,16H,4-5H2,1-3H3;5-7,11H,1-4H3;4-6,10H,1-3H3. The fourth-order valence-electron chi connectivity index (χ4n) is 8.04. The monoisotopic (exact) mass is 1280 g/mol. The lowest BCUT2D eigenvalue weighted by molar-refractivity contribution is -0.0516. The van der Waals surface area contributed by atoms with Gasteiger partial charge in [0.05, 0.1) is 5.69 Å². The predicted molar refractivity (Wildman–Crippen MR) is 330 cm³/mol. The summed E-state index contributed by atoms with van der Waals surface area (Å²) in [5, 5.41) is 4.79. The van der Waals surface area contributed by atoms with E-state index in [0.717, 1.165) is 31.4 Å². The lowest BCUT2D eigenvalue weighted by atomic mass is 9.86. The molecule has 1 fully saturated rings. The first-order valence-electron chi connectivity index (χ1n) is 27.5. The quantitative estimate of drug-likeness (QED) is 0.0810. The molecule has 5 aromatic carbocycles. The van der Waals surface area contributed by atoms with Crippen LogP contribution in [0.4, 0.5) is 49.6 Å². The van der Waals surface area contributed by atoms with Crippen molar-refractivity contribution in [3.63, 3.8) is 0 Å². The van der Waals surface area contributed by atoms with Gasteiger partial charge < -0.3 is 33.7 Å². The molecule has 1 heterocycles. The molecule has 0 bridgehead atoms. The van der Waals surface area contributed by atoms with Crippen LogP contribution in [0.25, 0.3) is 0 Å². The molecule has 21 heteroatoms. The molecule has 5 aromatic rings. The maximum Gasteiger partial charge on any atom is 0.387 e. The number of alkyl halides is 10. The van der Waals surface area contributed by atoms with E-state index in [-0.39, 0.29) is 55.8 Å². The molecular weight excluding hydrogens is 1200 g/mol. The number of ether oxygens (including phenoxy) is 6. The van der Waals surface area contributed by atoms with Gasteiger partial charge in [-0.2, -0.15) is 43.9 Å². The Morgan fingerprint density at radius 2 is 0.800 bits per heavy atom. The van der Waals surface area contributed by atoms with Crippen LogP contribution in [0, 0.1) is 0 Å². The average molecular weight is 1290 g/mol. The molecule has 1 saturated carbocycles. The first kappa shape index (κ1) is 74.6. The molecule has 7 nitrogen and oxygen atoms in total. The molecule has 1 N–H and O–H groups in total. The zero-order valence-corrected chi connectivity index (χ0v) is 55.0. The number of benzene rings is 5. The molecule has 0 radical (unpaired) electrons. The average Bonchev–Trinajstić information content (AvgIpc) is 4.13. The van der Waals surface area contributed by atoms with Crippen molar-refractivity contribution in [1.82, 2.24) is 0 Å². The van der Waals surface area contributed by atoms with Crippen LogP contribution in [0.1, 0.15) is 158 Å². The van der Waals surface area contributed by atoms with Crippen LogP contribution in [0.5, 0.6) is 34.5 Å². The predicted octanol–water partition coefficient (Wildman–Crippen LogP) is 21.9. The van der Waals surface area contributed by atoms with Crippen LogP contribution in [-0.2, 0) is 27.1 Å². The van der Waals surface area contributed by atoms with E-state index in [2.05, 4.69) is 42.8 Å². The van der Waals surface area contributed by atoms with Gasteiger partial charge in [-0.15, -0.1) is 35.3 Å². The van der Waals surface area contributed by atoms with Crippen molar-refractivity contribution in [3.8, 4) is 34.5 Å². The van der Waals surface area contributed by atoms with Crippen molar-refractivity contribution in [2.75, 3.05) is 24.7 Å². The minimum atomic E-state index is -2.83. The highest BCUT2D eigenvalue weighted by molar-refractivity contribution is 8.00. The van der Waals surface area contributed by atoms with Gasteiger partial charge in [0.2, 0.25) is 0 Å². The molecule has 2 aliphatic rings. The Morgan fingerprint density at radius 3 is 1.18 bits per heavy atom. The summed E-state index contributed by atoms with van der Waals surface area (Å²) in [5.74, 6) is 1.90. The summed E-state index contributed by atoms with van der Waals surface area (Å²) in [7, 11) is 0. The zero-order valence-electron chi connectivity index (χ0n) is 51.8. The SMILES string of the molecule is CC(C)(C)c1cc(Cl)ccc1OC(F)F.CC(C)(C)c1cc(SC2CC2)ccc1OC(F)F.CC(C)(C)c1cc2c(cc1OC(F)F)NCCO2.CC(C)Sc1ccc(OC(F)F)c(C(C)(C)C)c1.CSc1ccc(OC(F)F)c(C(C)(C)C)c1. The Hall–Kier alpha value is -4.66. The summed E-state index contributed by atoms with van der Waals surface area (Å²) in [6.07, 6.45) is 4.46. The van der Waals surface area contributed by atoms with Crippen LogP contribution in [-0.4, -0.2) is 63.0 Å². The highest BCUT2D eigenvalue weighted by atomic mass is 35.5. The molecular formula is C64H84ClF10NO6S3. The topological polar surface area (TPSA) is 67.4 Å². The van der Waals surface area contributed by atoms with E-state index < -0.39 is 33.1 Å². The van der Waals surface area contributed by atoms with Crippen LogP contribution >= 0.6 is 46.9 Å². The Labute approximate surface area is 515 Å². The molecule has 1 aliphatic carbocycles. The van der Waals surface area contributed by atoms with Gasteiger partial charge in [0.1, 0.15) is 41.1 Å². The summed E-state index contributed by atoms with van der Waals surface area (Å²) in [5.41, 5.74) is 3.33. The molecule has 0 amide bonds. The van der Waals surface area contributed by atoms with Gasteiger partial charge in [0.15, 0.2) is 0 Å². The molecule has 476 valence electrons. The summed E-state index contributed by atoms with van der Waals surface area (Å²) >= 11 is 10.9. The van der Waals surface area contributed by atoms with Crippen LogP contribution in [0.15, 0.2) is 99.6 Å². The Kier molecular flexibility index (Phi) is 28.5. The van der Waals surface area contributed by atoms with E-state index in [4.69, 9.17) is 16.3 Å². The van der Waals surface area contributed by atoms with Gasteiger partial charge in [0.25, 0.3) is 0 Å². The molecule has 0 atom stereocenters. The Morgan fingerprint density at radius 1 is 0.459 bits per heavy atom. The van der Waals surface area contributed by atoms with Crippen molar-refractivity contribution in [3.05, 3.63) is 118 Å². The lowest BCUT2D eigenvalue weighted by Gasteiger charge is -2.27. The summed E-state index contributed by atoms with van der Waals surface area (Å²) in [6, 6.07) is 24.3. The van der Waals surface area contributed by atoms with Crippen molar-refractivity contribution in [1.29, 1.82) is 0 Å². The fourth-order valence-corrected chi connectivity index (χ4v) is 10.6. The van der Waals surface area contributed by atoms with Crippen molar-refractivity contribution >= 4 is 52.6 Å². The van der Waals surface area contributed by atoms with Gasteiger partial charge >= 0.3 is 33.1 Å². The Bertz CT molecular complexity index is 2790. The van der Waals surface area contributed by atoms with Crippen molar-refractivity contribution < 1.29 is 72.3 Å². The van der Waals surface area contributed by atoms with Gasteiger partial charge in [-0.05, 0) is 125 Å². The van der Waals surface area contributed by atoms with Crippen LogP contribution in [0.2, 0.25) is 5.02 Å². The molecule has 0 unspecified atom stereocenters. The minimum absolute atomic E-state index is 0.182. The number of thioether (sulfide) groups is 3. The van der Waals surface area contributed by atoms with E-state index in [1.807, 2.05) is 152 Å². The second kappa shape index (κ2) is 32.5. The maximum absolute atomic E-state index is 12.4. The highest BCUT2D eigenvalue weighted by Gasteiger charge is 2.29. The summed E-state index contributed by atoms with van der Waals surface area (Å²) in [4.78, 5) is 3.27. The van der Waals surface area contributed by atoms with E-state index in [9.17, 15) is 43.9 Å². The smallest absolute Gasteiger partial charge is 0.387 e. The zero-order chi connectivity index (χ0) is 64.6.